The number of carbonyl (C=O) groups excluding carboxylic acids is 1. The molecule has 1 atom stereocenters. The summed E-state index contributed by atoms with van der Waals surface area (Å²) >= 11 is 0. The number of carbonyl (C=O) groups is 1. The van der Waals surface area contributed by atoms with E-state index in [0.29, 0.717) is 25.7 Å². The van der Waals surface area contributed by atoms with Gasteiger partial charge in [-0.05, 0) is 19.4 Å². The first kappa shape index (κ1) is 13.8. The molecule has 1 unspecified atom stereocenters. The SMILES string of the molecule is O=C(CCNCC1CCCCN1)N1CCOCC1. The molecule has 104 valence electrons. The first-order valence-corrected chi connectivity index (χ1v) is 7.16. The van der Waals surface area contributed by atoms with Gasteiger partial charge in [0, 0.05) is 38.6 Å². The van der Waals surface area contributed by atoms with Gasteiger partial charge in [0.05, 0.1) is 13.2 Å². The van der Waals surface area contributed by atoms with Gasteiger partial charge in [0.25, 0.3) is 0 Å². The van der Waals surface area contributed by atoms with Crippen LogP contribution in [0.15, 0.2) is 0 Å². The molecular formula is C13H25N3O2. The molecule has 0 aromatic carbocycles. The second kappa shape index (κ2) is 7.71. The number of nitrogens with one attached hydrogen (secondary N) is 2. The predicted octanol–water partition coefficient (Wildman–Crippen LogP) is -0.0330. The molecule has 2 fully saturated rings. The Morgan fingerprint density at radius 1 is 1.33 bits per heavy atom. The van der Waals surface area contributed by atoms with Gasteiger partial charge in [-0.3, -0.25) is 4.79 Å². The minimum absolute atomic E-state index is 0.252. The number of nitrogens with zero attached hydrogens (tertiary/aromatic N) is 1. The molecule has 2 aliphatic rings. The van der Waals surface area contributed by atoms with Crippen LogP contribution in [-0.4, -0.2) is 62.8 Å². The molecule has 2 heterocycles. The van der Waals surface area contributed by atoms with Gasteiger partial charge in [0.15, 0.2) is 0 Å². The predicted molar refractivity (Wildman–Crippen MR) is 70.5 cm³/mol. The number of morpholine rings is 1. The van der Waals surface area contributed by atoms with Crippen molar-refractivity contribution in [3.05, 3.63) is 0 Å². The fraction of sp³-hybridized carbons (Fsp3) is 0.923. The quantitative estimate of drug-likeness (QED) is 0.677. The Bertz CT molecular complexity index is 249. The molecule has 18 heavy (non-hydrogen) atoms. The van der Waals surface area contributed by atoms with Gasteiger partial charge in [0.1, 0.15) is 0 Å². The van der Waals surface area contributed by atoms with E-state index in [2.05, 4.69) is 10.6 Å². The molecule has 5 heteroatoms. The number of hydrogen-bond acceptors (Lipinski definition) is 4. The molecule has 0 saturated carbocycles. The van der Waals surface area contributed by atoms with Gasteiger partial charge in [-0.15, -0.1) is 0 Å². The zero-order valence-electron chi connectivity index (χ0n) is 11.1. The highest BCUT2D eigenvalue weighted by Crippen LogP contribution is 2.05. The van der Waals surface area contributed by atoms with Crippen molar-refractivity contribution in [3.8, 4) is 0 Å². The van der Waals surface area contributed by atoms with E-state index in [4.69, 9.17) is 4.74 Å². The van der Waals surface area contributed by atoms with E-state index in [1.54, 1.807) is 0 Å². The summed E-state index contributed by atoms with van der Waals surface area (Å²) < 4.78 is 5.24. The standard InChI is InChI=1S/C13H25N3O2/c17-13(16-7-9-18-10-8-16)4-6-14-11-12-3-1-2-5-15-12/h12,14-15H,1-11H2. The largest absolute Gasteiger partial charge is 0.378 e. The van der Waals surface area contributed by atoms with E-state index in [-0.39, 0.29) is 5.91 Å². The maximum Gasteiger partial charge on any atom is 0.224 e. The lowest BCUT2D eigenvalue weighted by molar-refractivity contribution is -0.135. The third kappa shape index (κ3) is 4.55. The third-order valence-electron chi connectivity index (χ3n) is 3.68. The van der Waals surface area contributed by atoms with Crippen molar-refractivity contribution in [3.63, 3.8) is 0 Å². The number of ether oxygens (including phenoxy) is 1. The lowest BCUT2D eigenvalue weighted by Crippen LogP contribution is -2.44. The van der Waals surface area contributed by atoms with Crippen LogP contribution in [0.2, 0.25) is 0 Å². The molecule has 2 N–H and O–H groups in total. The third-order valence-corrected chi connectivity index (χ3v) is 3.68. The van der Waals surface area contributed by atoms with E-state index in [1.165, 1.54) is 19.3 Å². The van der Waals surface area contributed by atoms with Crippen LogP contribution in [-0.2, 0) is 9.53 Å². The molecule has 2 saturated heterocycles. The van der Waals surface area contributed by atoms with Crippen molar-refractivity contribution in [1.82, 2.24) is 15.5 Å². The summed E-state index contributed by atoms with van der Waals surface area (Å²) in [5, 5.41) is 6.88. The first-order valence-electron chi connectivity index (χ1n) is 7.16. The Hall–Kier alpha value is -0.650. The molecule has 0 bridgehead atoms. The lowest BCUT2D eigenvalue weighted by Gasteiger charge is -2.27. The second-order valence-corrected chi connectivity index (χ2v) is 5.09. The summed E-state index contributed by atoms with van der Waals surface area (Å²) in [4.78, 5) is 13.8. The minimum atomic E-state index is 0.252. The van der Waals surface area contributed by atoms with E-state index in [9.17, 15) is 4.79 Å². The average Bonchev–Trinajstić information content (AvgIpc) is 2.45. The van der Waals surface area contributed by atoms with Crippen molar-refractivity contribution < 1.29 is 9.53 Å². The van der Waals surface area contributed by atoms with E-state index < -0.39 is 0 Å². The zero-order chi connectivity index (χ0) is 12.6. The summed E-state index contributed by atoms with van der Waals surface area (Å²) in [5.41, 5.74) is 0. The Balaban J connectivity index is 1.52. The number of piperidine rings is 1. The molecule has 1 amide bonds. The van der Waals surface area contributed by atoms with E-state index >= 15 is 0 Å². The topological polar surface area (TPSA) is 53.6 Å². The van der Waals surface area contributed by atoms with Gasteiger partial charge in [0.2, 0.25) is 5.91 Å². The number of amides is 1. The fourth-order valence-electron chi connectivity index (χ4n) is 2.54. The molecule has 0 spiro atoms. The van der Waals surface area contributed by atoms with Crippen molar-refractivity contribution in [2.24, 2.45) is 0 Å². The van der Waals surface area contributed by atoms with E-state index in [0.717, 1.165) is 32.7 Å². The molecule has 0 aliphatic carbocycles. The van der Waals surface area contributed by atoms with Crippen molar-refractivity contribution >= 4 is 5.91 Å². The van der Waals surface area contributed by atoms with Crippen LogP contribution in [0.5, 0.6) is 0 Å². The smallest absolute Gasteiger partial charge is 0.224 e. The van der Waals surface area contributed by atoms with Crippen LogP contribution < -0.4 is 10.6 Å². The minimum Gasteiger partial charge on any atom is -0.378 e. The highest BCUT2D eigenvalue weighted by Gasteiger charge is 2.16. The number of rotatable bonds is 5. The number of hydrogen-bond donors (Lipinski definition) is 2. The Morgan fingerprint density at radius 3 is 2.89 bits per heavy atom. The molecular weight excluding hydrogens is 230 g/mol. The average molecular weight is 255 g/mol. The normalized spacial score (nSPS) is 25.1. The van der Waals surface area contributed by atoms with Crippen LogP contribution in [0.25, 0.3) is 0 Å². The molecule has 2 aliphatic heterocycles. The van der Waals surface area contributed by atoms with Gasteiger partial charge in [-0.2, -0.15) is 0 Å². The van der Waals surface area contributed by atoms with Crippen LogP contribution in [0.1, 0.15) is 25.7 Å². The second-order valence-electron chi connectivity index (χ2n) is 5.09. The van der Waals surface area contributed by atoms with Crippen LogP contribution in [0.3, 0.4) is 0 Å². The van der Waals surface area contributed by atoms with Gasteiger partial charge >= 0.3 is 0 Å². The molecule has 5 nitrogen and oxygen atoms in total. The first-order chi connectivity index (χ1) is 8.86. The Morgan fingerprint density at radius 2 is 2.17 bits per heavy atom. The summed E-state index contributed by atoms with van der Waals surface area (Å²) in [7, 11) is 0. The summed E-state index contributed by atoms with van der Waals surface area (Å²) in [5.74, 6) is 0.252. The highest BCUT2D eigenvalue weighted by atomic mass is 16.5. The van der Waals surface area contributed by atoms with Gasteiger partial charge in [-0.1, -0.05) is 6.42 Å². The summed E-state index contributed by atoms with van der Waals surface area (Å²) in [6.07, 6.45) is 4.48. The van der Waals surface area contributed by atoms with Crippen molar-refractivity contribution in [1.29, 1.82) is 0 Å². The maximum absolute atomic E-state index is 11.9. The highest BCUT2D eigenvalue weighted by molar-refractivity contribution is 5.76. The lowest BCUT2D eigenvalue weighted by atomic mass is 10.1. The van der Waals surface area contributed by atoms with Gasteiger partial charge < -0.3 is 20.3 Å². The van der Waals surface area contributed by atoms with Crippen LogP contribution in [0, 0.1) is 0 Å². The molecule has 0 aromatic rings. The Labute approximate surface area is 109 Å². The Kier molecular flexibility index (Phi) is 5.90. The van der Waals surface area contributed by atoms with Crippen LogP contribution >= 0.6 is 0 Å². The maximum atomic E-state index is 11.9. The van der Waals surface area contributed by atoms with Crippen molar-refractivity contribution in [2.45, 2.75) is 31.7 Å². The molecule has 0 radical (unpaired) electrons. The summed E-state index contributed by atoms with van der Waals surface area (Å²) in [6, 6.07) is 0.595. The van der Waals surface area contributed by atoms with Crippen molar-refractivity contribution in [2.75, 3.05) is 45.9 Å². The molecule has 2 rings (SSSR count). The fourth-order valence-corrected chi connectivity index (χ4v) is 2.54. The summed E-state index contributed by atoms with van der Waals surface area (Å²) in [6.45, 7) is 5.78. The van der Waals surface area contributed by atoms with E-state index in [1.807, 2.05) is 4.90 Å². The monoisotopic (exact) mass is 255 g/mol. The van der Waals surface area contributed by atoms with Gasteiger partial charge in [-0.25, -0.2) is 0 Å². The zero-order valence-corrected chi connectivity index (χ0v) is 11.1. The molecule has 0 aromatic heterocycles. The van der Waals surface area contributed by atoms with Crippen LogP contribution in [0.4, 0.5) is 0 Å².